The highest BCUT2D eigenvalue weighted by Gasteiger charge is 2.11. The second-order valence-electron chi connectivity index (χ2n) is 1.96. The van der Waals surface area contributed by atoms with Crippen LogP contribution in [0.4, 0.5) is 8.78 Å². The Balaban J connectivity index is 3.14. The van der Waals surface area contributed by atoms with Crippen molar-refractivity contribution < 1.29 is 18.6 Å². The van der Waals surface area contributed by atoms with Crippen LogP contribution in [0, 0.1) is 5.82 Å². The summed E-state index contributed by atoms with van der Waals surface area (Å²) in [5, 5.41) is 9.06. The predicted octanol–water partition coefficient (Wildman–Crippen LogP) is 2.60. The highest BCUT2D eigenvalue weighted by Crippen LogP contribution is 2.36. The Kier molecular flexibility index (Phi) is 2.86. The van der Waals surface area contributed by atoms with E-state index in [1.807, 2.05) is 0 Å². The average Bonchev–Trinajstić information content (AvgIpc) is 2.06. The number of hydrogen-bond donors (Lipinski definition) is 1. The number of phenolic OH excluding ortho intramolecular Hbond substituents is 1. The molecule has 1 aromatic rings. The molecule has 0 unspecified atom stereocenters. The molecule has 0 bridgehead atoms. The van der Waals surface area contributed by atoms with E-state index in [0.717, 1.165) is 12.1 Å². The molecule has 1 rings (SSSR count). The van der Waals surface area contributed by atoms with Crippen molar-refractivity contribution in [3.63, 3.8) is 0 Å². The minimum Gasteiger partial charge on any atom is -0.504 e. The molecule has 0 saturated carbocycles. The smallest absolute Gasteiger partial charge is 0.228 e. The summed E-state index contributed by atoms with van der Waals surface area (Å²) in [4.78, 5) is 0. The van der Waals surface area contributed by atoms with Gasteiger partial charge in [0.2, 0.25) is 6.86 Å². The summed E-state index contributed by atoms with van der Waals surface area (Å²) in [5.41, 5.74) is 0. The lowest BCUT2D eigenvalue weighted by Gasteiger charge is -2.06. The SMILES string of the molecule is Oc1ccc(F)c(Br)c1OCF. The van der Waals surface area contributed by atoms with Crippen molar-refractivity contribution in [2.24, 2.45) is 0 Å². The van der Waals surface area contributed by atoms with Crippen LogP contribution in [-0.4, -0.2) is 12.0 Å². The first kappa shape index (κ1) is 9.25. The van der Waals surface area contributed by atoms with Crippen molar-refractivity contribution in [2.45, 2.75) is 0 Å². The van der Waals surface area contributed by atoms with Crippen LogP contribution >= 0.6 is 15.9 Å². The molecule has 1 N–H and O–H groups in total. The van der Waals surface area contributed by atoms with Crippen molar-refractivity contribution in [3.05, 3.63) is 22.4 Å². The number of aromatic hydroxyl groups is 1. The molecule has 12 heavy (non-hydrogen) atoms. The molecule has 0 fully saturated rings. The molecule has 5 heteroatoms. The Labute approximate surface area is 75.9 Å². The van der Waals surface area contributed by atoms with E-state index in [4.69, 9.17) is 5.11 Å². The summed E-state index contributed by atoms with van der Waals surface area (Å²) in [6.07, 6.45) is 0. The Bertz CT molecular complexity index is 291. The summed E-state index contributed by atoms with van der Waals surface area (Å²) in [5.74, 6) is -1.14. The molecule has 0 aromatic heterocycles. The number of hydrogen-bond acceptors (Lipinski definition) is 2. The van der Waals surface area contributed by atoms with Gasteiger partial charge in [0.25, 0.3) is 0 Å². The van der Waals surface area contributed by atoms with Gasteiger partial charge in [-0.2, -0.15) is 0 Å². The van der Waals surface area contributed by atoms with E-state index in [1.165, 1.54) is 0 Å². The van der Waals surface area contributed by atoms with Crippen LogP contribution in [0.2, 0.25) is 0 Å². The highest BCUT2D eigenvalue weighted by molar-refractivity contribution is 9.10. The van der Waals surface area contributed by atoms with Gasteiger partial charge in [-0.05, 0) is 28.1 Å². The summed E-state index contributed by atoms with van der Waals surface area (Å²) in [6.45, 7) is -1.12. The fourth-order valence-electron chi connectivity index (χ4n) is 0.714. The molecule has 2 nitrogen and oxygen atoms in total. The minimum absolute atomic E-state index is 0.0832. The fourth-order valence-corrected chi connectivity index (χ4v) is 1.16. The van der Waals surface area contributed by atoms with Crippen molar-refractivity contribution in [2.75, 3.05) is 6.86 Å². The van der Waals surface area contributed by atoms with Gasteiger partial charge >= 0.3 is 0 Å². The van der Waals surface area contributed by atoms with Gasteiger partial charge in [0.1, 0.15) is 5.82 Å². The molecule has 1 aromatic carbocycles. The van der Waals surface area contributed by atoms with Crippen LogP contribution in [0.1, 0.15) is 0 Å². The summed E-state index contributed by atoms with van der Waals surface area (Å²) < 4.78 is 28.7. The lowest BCUT2D eigenvalue weighted by molar-refractivity contribution is 0.183. The van der Waals surface area contributed by atoms with Gasteiger partial charge in [-0.3, -0.25) is 0 Å². The average molecular weight is 239 g/mol. The molecular formula is C7H5BrF2O2. The lowest BCUT2D eigenvalue weighted by Crippen LogP contribution is -1.93. The molecule has 66 valence electrons. The Morgan fingerprint density at radius 1 is 1.50 bits per heavy atom. The Morgan fingerprint density at radius 2 is 2.17 bits per heavy atom. The molecule has 0 radical (unpaired) electrons. The van der Waals surface area contributed by atoms with Crippen molar-refractivity contribution >= 4 is 15.9 Å². The maximum Gasteiger partial charge on any atom is 0.228 e. The maximum atomic E-state index is 12.7. The van der Waals surface area contributed by atoms with Crippen LogP contribution in [0.25, 0.3) is 0 Å². The number of alkyl halides is 1. The van der Waals surface area contributed by atoms with E-state index < -0.39 is 12.7 Å². The number of halogens is 3. The van der Waals surface area contributed by atoms with Crippen LogP contribution < -0.4 is 4.74 Å². The van der Waals surface area contributed by atoms with Crippen LogP contribution in [0.3, 0.4) is 0 Å². The number of rotatable bonds is 2. The first-order chi connectivity index (χ1) is 5.66. The van der Waals surface area contributed by atoms with E-state index in [1.54, 1.807) is 0 Å². The Morgan fingerprint density at radius 3 is 2.75 bits per heavy atom. The van der Waals surface area contributed by atoms with Gasteiger partial charge < -0.3 is 9.84 Å². The zero-order valence-corrected chi connectivity index (χ0v) is 7.44. The van der Waals surface area contributed by atoms with E-state index in [-0.39, 0.29) is 16.0 Å². The topological polar surface area (TPSA) is 29.5 Å². The third-order valence-corrected chi connectivity index (χ3v) is 1.97. The van der Waals surface area contributed by atoms with E-state index in [2.05, 4.69) is 20.7 Å². The zero-order chi connectivity index (χ0) is 9.14. The van der Waals surface area contributed by atoms with Gasteiger partial charge in [-0.15, -0.1) is 0 Å². The Hall–Kier alpha value is -0.840. The van der Waals surface area contributed by atoms with Crippen molar-refractivity contribution in [1.29, 1.82) is 0 Å². The zero-order valence-electron chi connectivity index (χ0n) is 5.85. The monoisotopic (exact) mass is 238 g/mol. The second kappa shape index (κ2) is 3.71. The largest absolute Gasteiger partial charge is 0.504 e. The third-order valence-electron chi connectivity index (χ3n) is 1.23. The van der Waals surface area contributed by atoms with E-state index >= 15 is 0 Å². The second-order valence-corrected chi connectivity index (χ2v) is 2.76. The van der Waals surface area contributed by atoms with Gasteiger partial charge in [0.15, 0.2) is 11.5 Å². The van der Waals surface area contributed by atoms with Crippen LogP contribution in [0.15, 0.2) is 16.6 Å². The fraction of sp³-hybridized carbons (Fsp3) is 0.143. The van der Waals surface area contributed by atoms with Crippen LogP contribution in [-0.2, 0) is 0 Å². The van der Waals surface area contributed by atoms with Crippen molar-refractivity contribution in [1.82, 2.24) is 0 Å². The van der Waals surface area contributed by atoms with Gasteiger partial charge in [-0.1, -0.05) is 0 Å². The first-order valence-corrected chi connectivity index (χ1v) is 3.82. The summed E-state index contributed by atoms with van der Waals surface area (Å²) in [6, 6.07) is 2.13. The van der Waals surface area contributed by atoms with Gasteiger partial charge in [0.05, 0.1) is 4.47 Å². The number of phenols is 1. The molecule has 0 amide bonds. The molecule has 0 heterocycles. The molecule has 0 saturated heterocycles. The van der Waals surface area contributed by atoms with Gasteiger partial charge in [-0.25, -0.2) is 8.78 Å². The highest BCUT2D eigenvalue weighted by atomic mass is 79.9. The molecule has 0 atom stereocenters. The predicted molar refractivity (Wildman–Crippen MR) is 42.4 cm³/mol. The van der Waals surface area contributed by atoms with Gasteiger partial charge in [0, 0.05) is 0 Å². The number of ether oxygens (including phenoxy) is 1. The number of benzene rings is 1. The summed E-state index contributed by atoms with van der Waals surface area (Å²) >= 11 is 2.81. The summed E-state index contributed by atoms with van der Waals surface area (Å²) in [7, 11) is 0. The third kappa shape index (κ3) is 1.66. The van der Waals surface area contributed by atoms with Crippen molar-refractivity contribution in [3.8, 4) is 11.5 Å². The van der Waals surface area contributed by atoms with E-state index in [9.17, 15) is 8.78 Å². The van der Waals surface area contributed by atoms with E-state index in [0.29, 0.717) is 0 Å². The lowest BCUT2D eigenvalue weighted by atomic mass is 10.3. The molecule has 0 aliphatic heterocycles. The minimum atomic E-state index is -1.12. The molecule has 0 spiro atoms. The maximum absolute atomic E-state index is 12.7. The molecule has 0 aliphatic rings. The quantitative estimate of drug-likeness (QED) is 0.859. The first-order valence-electron chi connectivity index (χ1n) is 3.02. The normalized spacial score (nSPS) is 9.92. The molecule has 0 aliphatic carbocycles. The standard InChI is InChI=1S/C7H5BrF2O2/c8-6-4(10)1-2-5(11)7(6)12-3-9/h1-2,11H,3H2. The molecular weight excluding hydrogens is 234 g/mol. The van der Waals surface area contributed by atoms with Crippen LogP contribution in [0.5, 0.6) is 11.5 Å².